The van der Waals surface area contributed by atoms with Gasteiger partial charge in [-0.1, -0.05) is 43.3 Å². The number of rotatable bonds is 5. The van der Waals surface area contributed by atoms with E-state index in [2.05, 4.69) is 53.5 Å². The van der Waals surface area contributed by atoms with Crippen molar-refractivity contribution in [3.8, 4) is 5.75 Å². The molecule has 2 aromatic carbocycles. The molecular weight excluding hydrogens is 396 g/mol. The summed E-state index contributed by atoms with van der Waals surface area (Å²) in [6.45, 7) is 5.04. The van der Waals surface area contributed by atoms with E-state index in [9.17, 15) is 4.79 Å². The van der Waals surface area contributed by atoms with Crippen LogP contribution in [0.15, 0.2) is 48.5 Å². The summed E-state index contributed by atoms with van der Waals surface area (Å²) >= 11 is 0. The van der Waals surface area contributed by atoms with Crippen molar-refractivity contribution in [2.45, 2.75) is 45.2 Å². The Balaban J connectivity index is 0.00000256. The van der Waals surface area contributed by atoms with E-state index in [1.807, 2.05) is 12.1 Å². The molecule has 2 heterocycles. The Morgan fingerprint density at radius 3 is 2.70 bits per heavy atom. The number of hydrogen-bond acceptors (Lipinski definition) is 3. The van der Waals surface area contributed by atoms with Gasteiger partial charge < -0.3 is 15.0 Å². The molecule has 2 aliphatic heterocycles. The summed E-state index contributed by atoms with van der Waals surface area (Å²) in [6, 6.07) is 16.8. The normalized spacial score (nSPS) is 21.9. The van der Waals surface area contributed by atoms with Gasteiger partial charge >= 0.3 is 0 Å². The second kappa shape index (κ2) is 10.3. The fourth-order valence-electron chi connectivity index (χ4n) is 4.85. The van der Waals surface area contributed by atoms with Crippen LogP contribution in [-0.4, -0.2) is 31.0 Å². The van der Waals surface area contributed by atoms with Crippen molar-refractivity contribution in [2.24, 2.45) is 11.8 Å². The molecule has 4 rings (SSSR count). The predicted molar refractivity (Wildman–Crippen MR) is 123 cm³/mol. The highest BCUT2D eigenvalue weighted by molar-refractivity contribution is 5.85. The maximum atomic E-state index is 13.5. The number of halogens is 1. The van der Waals surface area contributed by atoms with Gasteiger partial charge in [-0.3, -0.25) is 4.79 Å². The molecule has 3 unspecified atom stereocenters. The maximum Gasteiger partial charge on any atom is 0.223 e. The van der Waals surface area contributed by atoms with Crippen molar-refractivity contribution in [3.05, 3.63) is 65.2 Å². The molecule has 5 heteroatoms. The first kappa shape index (κ1) is 22.6. The SMILES string of the molecule is COc1ccc2c(c1)CN(C(=O)CC(C)C1CCCNC1)C(c1ccccc1)C2.Cl. The van der Waals surface area contributed by atoms with Crippen molar-refractivity contribution in [1.82, 2.24) is 10.2 Å². The standard InChI is InChI=1S/C25H32N2O2.ClH/c1-18(21-9-6-12-26-16-21)13-25(28)27-17-22-14-23(29-2)11-10-20(22)15-24(27)19-7-4-3-5-8-19;/h3-5,7-8,10-11,14,18,21,24,26H,6,9,12-13,15-17H2,1-2H3;1H. The minimum atomic E-state index is 0. The summed E-state index contributed by atoms with van der Waals surface area (Å²) < 4.78 is 5.42. The molecule has 0 bridgehead atoms. The molecule has 0 spiro atoms. The van der Waals surface area contributed by atoms with Crippen LogP contribution in [0.1, 0.15) is 48.9 Å². The molecule has 1 N–H and O–H groups in total. The summed E-state index contributed by atoms with van der Waals surface area (Å²) in [5.41, 5.74) is 3.74. The lowest BCUT2D eigenvalue weighted by Crippen LogP contribution is -2.41. The van der Waals surface area contributed by atoms with Crippen LogP contribution in [0.5, 0.6) is 5.75 Å². The van der Waals surface area contributed by atoms with Crippen molar-refractivity contribution >= 4 is 18.3 Å². The fourth-order valence-corrected chi connectivity index (χ4v) is 4.85. The Bertz CT molecular complexity index is 836. The average molecular weight is 429 g/mol. The van der Waals surface area contributed by atoms with Crippen LogP contribution in [0.3, 0.4) is 0 Å². The molecule has 1 saturated heterocycles. The predicted octanol–water partition coefficient (Wildman–Crippen LogP) is 4.77. The third-order valence-corrected chi connectivity index (χ3v) is 6.68. The number of fused-ring (bicyclic) bond motifs is 1. The van der Waals surface area contributed by atoms with E-state index in [-0.39, 0.29) is 24.4 Å². The van der Waals surface area contributed by atoms with E-state index in [0.29, 0.717) is 24.8 Å². The average Bonchev–Trinajstić information content (AvgIpc) is 2.78. The Hall–Kier alpha value is -2.04. The molecule has 0 radical (unpaired) electrons. The van der Waals surface area contributed by atoms with Gasteiger partial charge in [0.2, 0.25) is 5.91 Å². The van der Waals surface area contributed by atoms with E-state index in [0.717, 1.165) is 25.3 Å². The van der Waals surface area contributed by atoms with Gasteiger partial charge in [0.25, 0.3) is 0 Å². The van der Waals surface area contributed by atoms with Crippen LogP contribution >= 0.6 is 12.4 Å². The molecule has 0 aliphatic carbocycles. The van der Waals surface area contributed by atoms with Gasteiger partial charge in [-0.2, -0.15) is 0 Å². The molecule has 1 fully saturated rings. The largest absolute Gasteiger partial charge is 0.497 e. The van der Waals surface area contributed by atoms with Crippen molar-refractivity contribution in [3.63, 3.8) is 0 Å². The zero-order chi connectivity index (χ0) is 20.2. The Morgan fingerprint density at radius 1 is 1.20 bits per heavy atom. The highest BCUT2D eigenvalue weighted by Crippen LogP contribution is 2.36. The molecule has 0 saturated carbocycles. The summed E-state index contributed by atoms with van der Waals surface area (Å²) in [7, 11) is 1.69. The Kier molecular flexibility index (Phi) is 7.79. The topological polar surface area (TPSA) is 41.6 Å². The minimum Gasteiger partial charge on any atom is -0.497 e. The van der Waals surface area contributed by atoms with Gasteiger partial charge in [0.05, 0.1) is 13.2 Å². The van der Waals surface area contributed by atoms with Gasteiger partial charge in [-0.05, 0) is 73.0 Å². The molecule has 3 atom stereocenters. The number of piperidine rings is 1. The Labute approximate surface area is 186 Å². The Morgan fingerprint density at radius 2 is 2.00 bits per heavy atom. The second-order valence-electron chi connectivity index (χ2n) is 8.57. The molecule has 1 amide bonds. The van der Waals surface area contributed by atoms with Gasteiger partial charge in [0.15, 0.2) is 0 Å². The maximum absolute atomic E-state index is 13.5. The second-order valence-corrected chi connectivity index (χ2v) is 8.57. The number of benzene rings is 2. The number of hydrogen-bond donors (Lipinski definition) is 1. The molecule has 2 aromatic rings. The van der Waals surface area contributed by atoms with E-state index in [1.54, 1.807) is 7.11 Å². The zero-order valence-corrected chi connectivity index (χ0v) is 18.8. The quantitative estimate of drug-likeness (QED) is 0.745. The summed E-state index contributed by atoms with van der Waals surface area (Å²) in [5.74, 6) is 2.12. The third kappa shape index (κ3) is 4.98. The first-order chi connectivity index (χ1) is 14.2. The lowest BCUT2D eigenvalue weighted by Gasteiger charge is -2.39. The van der Waals surface area contributed by atoms with Gasteiger partial charge in [-0.15, -0.1) is 12.4 Å². The highest BCUT2D eigenvalue weighted by Gasteiger charge is 2.33. The van der Waals surface area contributed by atoms with E-state index < -0.39 is 0 Å². The number of ether oxygens (including phenoxy) is 1. The number of carbonyl (C=O) groups excluding carboxylic acids is 1. The highest BCUT2D eigenvalue weighted by atomic mass is 35.5. The lowest BCUT2D eigenvalue weighted by molar-refractivity contribution is -0.136. The number of carbonyl (C=O) groups is 1. The fraction of sp³-hybridized carbons (Fsp3) is 0.480. The molecule has 30 heavy (non-hydrogen) atoms. The van der Waals surface area contributed by atoms with E-state index >= 15 is 0 Å². The van der Waals surface area contributed by atoms with Crippen LogP contribution in [-0.2, 0) is 17.8 Å². The van der Waals surface area contributed by atoms with Crippen LogP contribution in [0.2, 0.25) is 0 Å². The van der Waals surface area contributed by atoms with Gasteiger partial charge in [0.1, 0.15) is 5.75 Å². The molecule has 2 aliphatic rings. The van der Waals surface area contributed by atoms with Crippen LogP contribution < -0.4 is 10.1 Å². The zero-order valence-electron chi connectivity index (χ0n) is 18.0. The monoisotopic (exact) mass is 428 g/mol. The first-order valence-electron chi connectivity index (χ1n) is 10.9. The summed E-state index contributed by atoms with van der Waals surface area (Å²) in [6.07, 6.45) is 3.92. The van der Waals surface area contributed by atoms with Crippen molar-refractivity contribution in [2.75, 3.05) is 20.2 Å². The van der Waals surface area contributed by atoms with Crippen molar-refractivity contribution < 1.29 is 9.53 Å². The van der Waals surface area contributed by atoms with Crippen LogP contribution in [0, 0.1) is 11.8 Å². The van der Waals surface area contributed by atoms with E-state index in [4.69, 9.17) is 4.74 Å². The van der Waals surface area contributed by atoms with Gasteiger partial charge in [0, 0.05) is 13.0 Å². The van der Waals surface area contributed by atoms with Gasteiger partial charge in [-0.25, -0.2) is 0 Å². The molecule has 4 nitrogen and oxygen atoms in total. The molecular formula is C25H33ClN2O2. The number of nitrogens with zero attached hydrogens (tertiary/aromatic N) is 1. The molecule has 0 aromatic heterocycles. The number of methoxy groups -OCH3 is 1. The first-order valence-corrected chi connectivity index (χ1v) is 10.9. The van der Waals surface area contributed by atoms with E-state index in [1.165, 1.54) is 29.5 Å². The molecule has 162 valence electrons. The van der Waals surface area contributed by atoms with Crippen LogP contribution in [0.25, 0.3) is 0 Å². The lowest BCUT2D eigenvalue weighted by atomic mass is 9.84. The van der Waals surface area contributed by atoms with Crippen molar-refractivity contribution in [1.29, 1.82) is 0 Å². The smallest absolute Gasteiger partial charge is 0.223 e. The number of nitrogens with one attached hydrogen (secondary N) is 1. The minimum absolute atomic E-state index is 0. The third-order valence-electron chi connectivity index (χ3n) is 6.68. The summed E-state index contributed by atoms with van der Waals surface area (Å²) in [5, 5.41) is 3.49. The summed E-state index contributed by atoms with van der Waals surface area (Å²) in [4.78, 5) is 15.6. The van der Waals surface area contributed by atoms with Crippen LogP contribution in [0.4, 0.5) is 0 Å². The number of amides is 1.